The van der Waals surface area contributed by atoms with Crippen molar-refractivity contribution in [2.75, 3.05) is 26.3 Å². The van der Waals surface area contributed by atoms with E-state index in [9.17, 15) is 4.79 Å². The average molecular weight is 414 g/mol. The summed E-state index contributed by atoms with van der Waals surface area (Å²) in [5.41, 5.74) is 4.54. The Hall–Kier alpha value is -3.11. The summed E-state index contributed by atoms with van der Waals surface area (Å²) in [6.07, 6.45) is 1.80. The quantitative estimate of drug-likeness (QED) is 0.538. The number of hydrogen-bond acceptors (Lipinski definition) is 4. The van der Waals surface area contributed by atoms with Gasteiger partial charge in [0.05, 0.1) is 0 Å². The van der Waals surface area contributed by atoms with Gasteiger partial charge in [-0.2, -0.15) is 0 Å². The van der Waals surface area contributed by atoms with Crippen LogP contribution < -0.4 is 9.47 Å². The molecule has 2 aliphatic rings. The molecule has 0 radical (unpaired) electrons. The van der Waals surface area contributed by atoms with E-state index in [1.165, 1.54) is 16.7 Å². The minimum absolute atomic E-state index is 0.0827. The van der Waals surface area contributed by atoms with Crippen molar-refractivity contribution in [2.45, 2.75) is 19.4 Å². The fourth-order valence-corrected chi connectivity index (χ4v) is 4.48. The van der Waals surface area contributed by atoms with E-state index in [0.29, 0.717) is 19.0 Å². The van der Waals surface area contributed by atoms with Crippen LogP contribution in [-0.4, -0.2) is 37.0 Å². The van der Waals surface area contributed by atoms with E-state index < -0.39 is 0 Å². The Kier molecular flexibility index (Phi) is 5.72. The fraction of sp³-hybridized carbons (Fsp3) is 0.296. The topological polar surface area (TPSA) is 38.8 Å². The fourth-order valence-electron chi connectivity index (χ4n) is 4.48. The van der Waals surface area contributed by atoms with Crippen molar-refractivity contribution in [3.63, 3.8) is 0 Å². The summed E-state index contributed by atoms with van der Waals surface area (Å²) in [7, 11) is 0. The molecule has 31 heavy (non-hydrogen) atoms. The largest absolute Gasteiger partial charge is 0.486 e. The summed E-state index contributed by atoms with van der Waals surface area (Å²) < 4.78 is 11.2. The first kappa shape index (κ1) is 19.8. The van der Waals surface area contributed by atoms with Gasteiger partial charge in [-0.3, -0.25) is 9.69 Å². The van der Waals surface area contributed by atoms with Gasteiger partial charge in [-0.05, 0) is 60.8 Å². The molecule has 0 aromatic heterocycles. The molecular weight excluding hydrogens is 386 g/mol. The summed E-state index contributed by atoms with van der Waals surface area (Å²) in [6.45, 7) is 3.92. The molecule has 2 heterocycles. The number of likely N-dealkylation sites (tertiary alicyclic amines) is 1. The number of piperidine rings is 1. The number of carbonyl (C=O) groups is 1. The van der Waals surface area contributed by atoms with Crippen molar-refractivity contribution < 1.29 is 14.3 Å². The summed E-state index contributed by atoms with van der Waals surface area (Å²) in [4.78, 5) is 15.5. The molecule has 5 rings (SSSR count). The first-order valence-electron chi connectivity index (χ1n) is 11.1. The van der Waals surface area contributed by atoms with Gasteiger partial charge in [0.2, 0.25) is 0 Å². The first-order chi connectivity index (χ1) is 15.3. The van der Waals surface area contributed by atoms with Crippen molar-refractivity contribution >= 4 is 5.78 Å². The van der Waals surface area contributed by atoms with E-state index in [0.717, 1.165) is 43.8 Å². The predicted molar refractivity (Wildman–Crippen MR) is 122 cm³/mol. The monoisotopic (exact) mass is 413 g/mol. The molecule has 3 aromatic rings. The molecule has 3 aromatic carbocycles. The molecular formula is C27H27NO3. The van der Waals surface area contributed by atoms with Gasteiger partial charge in [-0.1, -0.05) is 54.6 Å². The highest BCUT2D eigenvalue weighted by Gasteiger charge is 2.27. The Bertz CT molecular complexity index is 1040. The van der Waals surface area contributed by atoms with E-state index in [1.807, 2.05) is 24.3 Å². The summed E-state index contributed by atoms with van der Waals surface area (Å²) in [5, 5.41) is 0. The molecule has 0 bridgehead atoms. The van der Waals surface area contributed by atoms with Crippen LogP contribution in [0.3, 0.4) is 0 Å². The number of rotatable bonds is 5. The third kappa shape index (κ3) is 4.49. The van der Waals surface area contributed by atoms with Crippen LogP contribution in [0, 0.1) is 5.92 Å². The van der Waals surface area contributed by atoms with Gasteiger partial charge >= 0.3 is 0 Å². The maximum atomic E-state index is 13.0. The number of ketones is 1. The van der Waals surface area contributed by atoms with Crippen molar-refractivity contribution in [3.8, 4) is 22.6 Å². The second kappa shape index (κ2) is 8.94. The summed E-state index contributed by atoms with van der Waals surface area (Å²) >= 11 is 0. The molecule has 1 fully saturated rings. The van der Waals surface area contributed by atoms with Gasteiger partial charge in [-0.25, -0.2) is 0 Å². The highest BCUT2D eigenvalue weighted by molar-refractivity contribution is 5.98. The van der Waals surface area contributed by atoms with Crippen LogP contribution in [0.1, 0.15) is 28.8 Å². The second-order valence-corrected chi connectivity index (χ2v) is 8.34. The number of fused-ring (bicyclic) bond motifs is 1. The lowest BCUT2D eigenvalue weighted by atomic mass is 9.88. The van der Waals surface area contributed by atoms with Gasteiger partial charge in [0.25, 0.3) is 0 Å². The molecule has 1 saturated heterocycles. The summed E-state index contributed by atoms with van der Waals surface area (Å²) in [6, 6.07) is 24.9. The molecule has 0 spiro atoms. The maximum Gasteiger partial charge on any atom is 0.166 e. The maximum absolute atomic E-state index is 13.0. The molecule has 0 atom stereocenters. The van der Waals surface area contributed by atoms with Crippen LogP contribution in [0.2, 0.25) is 0 Å². The summed E-state index contributed by atoms with van der Waals surface area (Å²) in [5.74, 6) is 1.73. The smallest absolute Gasteiger partial charge is 0.166 e. The molecule has 0 amide bonds. The zero-order valence-electron chi connectivity index (χ0n) is 17.6. The Balaban J connectivity index is 1.16. The predicted octanol–water partition coefficient (Wildman–Crippen LogP) is 5.22. The molecule has 0 aliphatic carbocycles. The Morgan fingerprint density at radius 3 is 2.23 bits per heavy atom. The molecule has 0 unspecified atom stereocenters. The highest BCUT2D eigenvalue weighted by atomic mass is 16.6. The number of Topliss-reactive ketones (excluding diaryl/α,β-unsaturated/α-hetero) is 1. The molecule has 0 N–H and O–H groups in total. The lowest BCUT2D eigenvalue weighted by Gasteiger charge is -2.31. The standard InChI is InChI=1S/C27H27NO3/c29-27(24-10-11-25-26(18-24)31-17-16-30-25)23-12-14-28(15-13-23)19-20-6-8-22(9-7-20)21-4-2-1-3-5-21/h1-11,18,23H,12-17,19H2. The van der Waals surface area contributed by atoms with Gasteiger partial charge in [-0.15, -0.1) is 0 Å². The lowest BCUT2D eigenvalue weighted by Crippen LogP contribution is -2.36. The third-order valence-corrected chi connectivity index (χ3v) is 6.25. The number of carbonyl (C=O) groups excluding carboxylic acids is 1. The van der Waals surface area contributed by atoms with Crippen LogP contribution in [0.5, 0.6) is 11.5 Å². The van der Waals surface area contributed by atoms with Crippen molar-refractivity contribution in [1.82, 2.24) is 4.90 Å². The van der Waals surface area contributed by atoms with Crippen LogP contribution in [0.25, 0.3) is 11.1 Å². The molecule has 2 aliphatic heterocycles. The Morgan fingerprint density at radius 1 is 0.806 bits per heavy atom. The van der Waals surface area contributed by atoms with Gasteiger partial charge in [0, 0.05) is 18.0 Å². The zero-order valence-corrected chi connectivity index (χ0v) is 17.6. The minimum Gasteiger partial charge on any atom is -0.486 e. The molecule has 4 nitrogen and oxygen atoms in total. The van der Waals surface area contributed by atoms with E-state index in [4.69, 9.17) is 9.47 Å². The number of benzene rings is 3. The molecule has 4 heteroatoms. The molecule has 0 saturated carbocycles. The van der Waals surface area contributed by atoms with Crippen LogP contribution >= 0.6 is 0 Å². The second-order valence-electron chi connectivity index (χ2n) is 8.34. The molecule has 158 valence electrons. The van der Waals surface area contributed by atoms with E-state index in [-0.39, 0.29) is 11.7 Å². The van der Waals surface area contributed by atoms with Crippen LogP contribution in [-0.2, 0) is 6.54 Å². The van der Waals surface area contributed by atoms with Crippen molar-refractivity contribution in [1.29, 1.82) is 0 Å². The average Bonchev–Trinajstić information content (AvgIpc) is 2.85. The highest BCUT2D eigenvalue weighted by Crippen LogP contribution is 2.32. The van der Waals surface area contributed by atoms with E-state index >= 15 is 0 Å². The van der Waals surface area contributed by atoms with Gasteiger partial charge < -0.3 is 9.47 Å². The zero-order chi connectivity index (χ0) is 21.0. The van der Waals surface area contributed by atoms with Crippen LogP contribution in [0.4, 0.5) is 0 Å². The van der Waals surface area contributed by atoms with Gasteiger partial charge in [0.1, 0.15) is 13.2 Å². The van der Waals surface area contributed by atoms with E-state index in [1.54, 1.807) is 0 Å². The number of nitrogens with zero attached hydrogens (tertiary/aromatic N) is 1. The minimum atomic E-state index is 0.0827. The normalized spacial score (nSPS) is 16.8. The van der Waals surface area contributed by atoms with Crippen molar-refractivity contribution in [2.24, 2.45) is 5.92 Å². The van der Waals surface area contributed by atoms with Crippen LogP contribution in [0.15, 0.2) is 72.8 Å². The number of hydrogen-bond donors (Lipinski definition) is 0. The third-order valence-electron chi connectivity index (χ3n) is 6.25. The first-order valence-corrected chi connectivity index (χ1v) is 11.1. The SMILES string of the molecule is O=C(c1ccc2c(c1)OCCO2)C1CCN(Cc2ccc(-c3ccccc3)cc2)CC1. The van der Waals surface area contributed by atoms with Crippen molar-refractivity contribution in [3.05, 3.63) is 83.9 Å². The lowest BCUT2D eigenvalue weighted by molar-refractivity contribution is 0.0833. The number of ether oxygens (including phenoxy) is 2. The van der Waals surface area contributed by atoms with E-state index in [2.05, 4.69) is 53.4 Å². The van der Waals surface area contributed by atoms with Gasteiger partial charge in [0.15, 0.2) is 17.3 Å². The Morgan fingerprint density at radius 2 is 1.48 bits per heavy atom. The Labute approximate surface area is 183 Å².